The number of nitrogens with one attached hydrogen (secondary N) is 1. The summed E-state index contributed by atoms with van der Waals surface area (Å²) < 4.78 is 5.07. The maximum Gasteiger partial charge on any atom is 0.336 e. The summed E-state index contributed by atoms with van der Waals surface area (Å²) in [5, 5.41) is 11.7. The molecule has 0 heterocycles. The van der Waals surface area contributed by atoms with Gasteiger partial charge in [0, 0.05) is 19.2 Å². The summed E-state index contributed by atoms with van der Waals surface area (Å²) in [7, 11) is 1.60. The number of ether oxygens (including phenoxy) is 1. The summed E-state index contributed by atoms with van der Waals surface area (Å²) in [6, 6.07) is 4.82. The van der Waals surface area contributed by atoms with E-state index in [0.717, 1.165) is 0 Å². The summed E-state index contributed by atoms with van der Waals surface area (Å²) in [6.45, 7) is 3.57. The van der Waals surface area contributed by atoms with E-state index in [2.05, 4.69) is 5.32 Å². The number of amides is 1. The van der Waals surface area contributed by atoms with Crippen molar-refractivity contribution in [3.8, 4) is 0 Å². The Balaban J connectivity index is 2.69. The number of aromatic carboxylic acids is 1. The number of hydrogen-bond donors (Lipinski definition) is 2. The standard InChI is InChI=1S/C14H19NO4/c1-9(19-3)7-8-13(16)15-12-6-4-5-11(10(12)2)14(17)18/h4-6,9H,7-8H2,1-3H3,(H,15,16)(H,17,18). The van der Waals surface area contributed by atoms with Crippen molar-refractivity contribution in [3.05, 3.63) is 29.3 Å². The van der Waals surface area contributed by atoms with Crippen molar-refractivity contribution in [1.82, 2.24) is 0 Å². The lowest BCUT2D eigenvalue weighted by molar-refractivity contribution is -0.116. The second-order valence-electron chi connectivity index (χ2n) is 4.42. The molecule has 1 aromatic rings. The molecule has 104 valence electrons. The van der Waals surface area contributed by atoms with E-state index in [4.69, 9.17) is 9.84 Å². The van der Waals surface area contributed by atoms with Crippen LogP contribution >= 0.6 is 0 Å². The lowest BCUT2D eigenvalue weighted by atomic mass is 10.1. The van der Waals surface area contributed by atoms with E-state index in [1.165, 1.54) is 6.07 Å². The highest BCUT2D eigenvalue weighted by Gasteiger charge is 2.12. The molecule has 2 N–H and O–H groups in total. The van der Waals surface area contributed by atoms with Crippen LogP contribution in [0.4, 0.5) is 5.69 Å². The third-order valence-corrected chi connectivity index (χ3v) is 3.02. The van der Waals surface area contributed by atoms with E-state index in [-0.39, 0.29) is 17.6 Å². The molecular weight excluding hydrogens is 246 g/mol. The van der Waals surface area contributed by atoms with Crippen LogP contribution in [0.2, 0.25) is 0 Å². The predicted molar refractivity (Wildman–Crippen MR) is 72.5 cm³/mol. The number of carbonyl (C=O) groups excluding carboxylic acids is 1. The molecule has 0 spiro atoms. The lowest BCUT2D eigenvalue weighted by Crippen LogP contribution is -2.16. The smallest absolute Gasteiger partial charge is 0.336 e. The second-order valence-corrected chi connectivity index (χ2v) is 4.42. The number of methoxy groups -OCH3 is 1. The summed E-state index contributed by atoms with van der Waals surface area (Å²) in [4.78, 5) is 22.7. The van der Waals surface area contributed by atoms with Crippen LogP contribution in [-0.4, -0.2) is 30.2 Å². The first-order chi connectivity index (χ1) is 8.95. The van der Waals surface area contributed by atoms with Gasteiger partial charge in [-0.25, -0.2) is 4.79 Å². The highest BCUT2D eigenvalue weighted by Crippen LogP contribution is 2.19. The van der Waals surface area contributed by atoms with Gasteiger partial charge in [-0.15, -0.1) is 0 Å². The fourth-order valence-corrected chi connectivity index (χ4v) is 1.67. The molecule has 5 heteroatoms. The van der Waals surface area contributed by atoms with Gasteiger partial charge in [-0.1, -0.05) is 6.07 Å². The topological polar surface area (TPSA) is 75.6 Å². The third kappa shape index (κ3) is 4.37. The maximum absolute atomic E-state index is 11.8. The Morgan fingerprint density at radius 1 is 1.42 bits per heavy atom. The molecule has 19 heavy (non-hydrogen) atoms. The minimum atomic E-state index is -0.999. The molecule has 0 aliphatic rings. The SMILES string of the molecule is COC(C)CCC(=O)Nc1cccc(C(=O)O)c1C. The van der Waals surface area contributed by atoms with Gasteiger partial charge < -0.3 is 15.2 Å². The summed E-state index contributed by atoms with van der Waals surface area (Å²) >= 11 is 0. The number of hydrogen-bond acceptors (Lipinski definition) is 3. The largest absolute Gasteiger partial charge is 0.478 e. The number of carbonyl (C=O) groups is 2. The van der Waals surface area contributed by atoms with Crippen LogP contribution in [0.25, 0.3) is 0 Å². The molecule has 5 nitrogen and oxygen atoms in total. The highest BCUT2D eigenvalue weighted by molar-refractivity contribution is 5.96. The van der Waals surface area contributed by atoms with Gasteiger partial charge in [-0.3, -0.25) is 4.79 Å². The van der Waals surface area contributed by atoms with Crippen molar-refractivity contribution in [2.75, 3.05) is 12.4 Å². The number of anilines is 1. The number of carboxylic acid groups (broad SMARTS) is 1. The molecule has 0 fully saturated rings. The van der Waals surface area contributed by atoms with Gasteiger partial charge in [-0.05, 0) is 38.0 Å². The molecular formula is C14H19NO4. The molecule has 1 unspecified atom stereocenters. The second kappa shape index (κ2) is 6.89. The minimum absolute atomic E-state index is 0.0252. The van der Waals surface area contributed by atoms with Crippen LogP contribution in [0.15, 0.2) is 18.2 Å². The van der Waals surface area contributed by atoms with E-state index < -0.39 is 5.97 Å². The monoisotopic (exact) mass is 265 g/mol. The van der Waals surface area contributed by atoms with E-state index in [9.17, 15) is 9.59 Å². The Morgan fingerprint density at radius 2 is 2.11 bits per heavy atom. The maximum atomic E-state index is 11.8. The molecule has 1 atom stereocenters. The molecule has 1 rings (SSSR count). The fraction of sp³-hybridized carbons (Fsp3) is 0.429. The Morgan fingerprint density at radius 3 is 2.68 bits per heavy atom. The van der Waals surface area contributed by atoms with Crippen molar-refractivity contribution < 1.29 is 19.4 Å². The number of carboxylic acids is 1. The van der Waals surface area contributed by atoms with Gasteiger partial charge in [0.15, 0.2) is 0 Å². The van der Waals surface area contributed by atoms with E-state index >= 15 is 0 Å². The zero-order valence-corrected chi connectivity index (χ0v) is 11.4. The normalized spacial score (nSPS) is 11.9. The zero-order valence-electron chi connectivity index (χ0n) is 11.4. The molecule has 0 bridgehead atoms. The molecule has 0 saturated carbocycles. The Kier molecular flexibility index (Phi) is 5.51. The average molecular weight is 265 g/mol. The predicted octanol–water partition coefficient (Wildman–Crippen LogP) is 2.45. The molecule has 0 saturated heterocycles. The van der Waals surface area contributed by atoms with E-state index in [1.54, 1.807) is 26.2 Å². The van der Waals surface area contributed by atoms with Gasteiger partial charge in [0.25, 0.3) is 0 Å². The average Bonchev–Trinajstić information content (AvgIpc) is 2.38. The van der Waals surface area contributed by atoms with Gasteiger partial charge in [0.05, 0.1) is 11.7 Å². The van der Waals surface area contributed by atoms with Gasteiger partial charge in [-0.2, -0.15) is 0 Å². The quantitative estimate of drug-likeness (QED) is 0.828. The van der Waals surface area contributed by atoms with Crippen molar-refractivity contribution in [2.45, 2.75) is 32.8 Å². The number of rotatable bonds is 6. The molecule has 0 radical (unpaired) electrons. The van der Waals surface area contributed by atoms with Crippen molar-refractivity contribution in [2.24, 2.45) is 0 Å². The van der Waals surface area contributed by atoms with E-state index in [0.29, 0.717) is 24.1 Å². The zero-order chi connectivity index (χ0) is 14.4. The van der Waals surface area contributed by atoms with Crippen LogP contribution in [0.3, 0.4) is 0 Å². The number of benzene rings is 1. The molecule has 1 amide bonds. The molecule has 1 aromatic carbocycles. The summed E-state index contributed by atoms with van der Waals surface area (Å²) in [5.74, 6) is -1.14. The van der Waals surface area contributed by atoms with Crippen molar-refractivity contribution in [1.29, 1.82) is 0 Å². The third-order valence-electron chi connectivity index (χ3n) is 3.02. The Labute approximate surface area is 112 Å². The van der Waals surface area contributed by atoms with Crippen molar-refractivity contribution >= 4 is 17.6 Å². The van der Waals surface area contributed by atoms with E-state index in [1.807, 2.05) is 6.92 Å². The Bertz CT molecular complexity index is 471. The van der Waals surface area contributed by atoms with Crippen molar-refractivity contribution in [3.63, 3.8) is 0 Å². The van der Waals surface area contributed by atoms with Crippen LogP contribution in [0.1, 0.15) is 35.7 Å². The first kappa shape index (κ1) is 15.2. The van der Waals surface area contributed by atoms with Crippen LogP contribution in [-0.2, 0) is 9.53 Å². The summed E-state index contributed by atoms with van der Waals surface area (Å²) in [5.41, 5.74) is 1.29. The van der Waals surface area contributed by atoms with Crippen LogP contribution < -0.4 is 5.32 Å². The molecule has 0 aliphatic carbocycles. The van der Waals surface area contributed by atoms with Crippen LogP contribution in [0, 0.1) is 6.92 Å². The highest BCUT2D eigenvalue weighted by atomic mass is 16.5. The lowest BCUT2D eigenvalue weighted by Gasteiger charge is -2.12. The Hall–Kier alpha value is -1.88. The summed E-state index contributed by atoms with van der Waals surface area (Å²) in [6.07, 6.45) is 0.989. The van der Waals surface area contributed by atoms with Gasteiger partial charge in [0.2, 0.25) is 5.91 Å². The molecule has 0 aromatic heterocycles. The van der Waals surface area contributed by atoms with Crippen LogP contribution in [0.5, 0.6) is 0 Å². The first-order valence-electron chi connectivity index (χ1n) is 6.11. The van der Waals surface area contributed by atoms with Gasteiger partial charge in [0.1, 0.15) is 0 Å². The first-order valence-corrected chi connectivity index (χ1v) is 6.11. The minimum Gasteiger partial charge on any atom is -0.478 e. The van der Waals surface area contributed by atoms with Gasteiger partial charge >= 0.3 is 5.97 Å². The molecule has 0 aliphatic heterocycles. The fourth-order valence-electron chi connectivity index (χ4n) is 1.67.